The van der Waals surface area contributed by atoms with Crippen LogP contribution in [0.5, 0.6) is 0 Å². The van der Waals surface area contributed by atoms with Crippen LogP contribution >= 0.6 is 0 Å². The number of ketones is 2. The van der Waals surface area contributed by atoms with Crippen LogP contribution in [-0.2, 0) is 9.59 Å². The molecule has 1 fully saturated rings. The highest BCUT2D eigenvalue weighted by atomic mass is 16.2. The van der Waals surface area contributed by atoms with Gasteiger partial charge in [0.2, 0.25) is 11.6 Å². The SMILES string of the molecule is CC1(C)C(=O)C1=O. The van der Waals surface area contributed by atoms with E-state index in [1.807, 2.05) is 0 Å². The van der Waals surface area contributed by atoms with E-state index in [9.17, 15) is 9.59 Å². The predicted molar refractivity (Wildman–Crippen MR) is 23.8 cm³/mol. The monoisotopic (exact) mass is 98.0 g/mol. The van der Waals surface area contributed by atoms with Crippen LogP contribution in [-0.4, -0.2) is 11.6 Å². The van der Waals surface area contributed by atoms with E-state index in [1.54, 1.807) is 13.8 Å². The minimum Gasteiger partial charge on any atom is -0.290 e. The van der Waals surface area contributed by atoms with Gasteiger partial charge in [0.25, 0.3) is 0 Å². The molecule has 0 N–H and O–H groups in total. The van der Waals surface area contributed by atoms with Crippen molar-refractivity contribution >= 4 is 11.6 Å². The molecule has 0 aliphatic heterocycles. The van der Waals surface area contributed by atoms with E-state index >= 15 is 0 Å². The first-order chi connectivity index (χ1) is 3.07. The molecule has 7 heavy (non-hydrogen) atoms. The lowest BCUT2D eigenvalue weighted by molar-refractivity contribution is -0.122. The lowest BCUT2D eigenvalue weighted by Crippen LogP contribution is -1.87. The third kappa shape index (κ3) is 0.335. The Kier molecular flexibility index (Phi) is 0.503. The first-order valence-corrected chi connectivity index (χ1v) is 2.16. The van der Waals surface area contributed by atoms with Crippen molar-refractivity contribution < 1.29 is 9.59 Å². The van der Waals surface area contributed by atoms with E-state index < -0.39 is 5.41 Å². The van der Waals surface area contributed by atoms with Crippen molar-refractivity contribution in [3.05, 3.63) is 0 Å². The Morgan fingerprint density at radius 2 is 1.29 bits per heavy atom. The Hall–Kier alpha value is -0.660. The van der Waals surface area contributed by atoms with Crippen molar-refractivity contribution in [1.29, 1.82) is 0 Å². The minimum atomic E-state index is -0.611. The summed E-state index contributed by atoms with van der Waals surface area (Å²) < 4.78 is 0. The Morgan fingerprint density at radius 3 is 1.29 bits per heavy atom. The molecule has 38 valence electrons. The highest BCUT2D eigenvalue weighted by Gasteiger charge is 2.57. The van der Waals surface area contributed by atoms with Gasteiger partial charge in [-0.25, -0.2) is 0 Å². The van der Waals surface area contributed by atoms with Gasteiger partial charge in [-0.15, -0.1) is 0 Å². The lowest BCUT2D eigenvalue weighted by atomic mass is 10.2. The van der Waals surface area contributed by atoms with Gasteiger partial charge < -0.3 is 0 Å². The molecular formula is C5H6O2. The van der Waals surface area contributed by atoms with Crippen molar-refractivity contribution in [3.8, 4) is 0 Å². The smallest absolute Gasteiger partial charge is 0.212 e. The molecule has 0 saturated heterocycles. The molecule has 0 spiro atoms. The normalized spacial score (nSPS) is 25.4. The van der Waals surface area contributed by atoms with E-state index in [4.69, 9.17) is 0 Å². The second-order valence-electron chi connectivity index (χ2n) is 2.28. The van der Waals surface area contributed by atoms with Crippen molar-refractivity contribution in [2.24, 2.45) is 5.41 Å². The van der Waals surface area contributed by atoms with Gasteiger partial charge in [-0.1, -0.05) is 0 Å². The zero-order chi connectivity index (χ0) is 5.65. The molecule has 0 amide bonds. The molecule has 1 aliphatic carbocycles. The van der Waals surface area contributed by atoms with E-state index in [2.05, 4.69) is 0 Å². The van der Waals surface area contributed by atoms with Crippen LogP contribution in [0.3, 0.4) is 0 Å². The average molecular weight is 98.1 g/mol. The predicted octanol–water partition coefficient (Wildman–Crippen LogP) is 0.164. The van der Waals surface area contributed by atoms with Crippen molar-refractivity contribution in [2.75, 3.05) is 0 Å². The highest BCUT2D eigenvalue weighted by molar-refractivity contribution is 6.62. The summed E-state index contributed by atoms with van der Waals surface area (Å²) in [6, 6.07) is 0. The quantitative estimate of drug-likeness (QED) is 0.319. The second-order valence-corrected chi connectivity index (χ2v) is 2.28. The maximum atomic E-state index is 10.2. The molecule has 0 aromatic carbocycles. The Balaban J connectivity index is 2.90. The first-order valence-electron chi connectivity index (χ1n) is 2.16. The number of rotatable bonds is 0. The van der Waals surface area contributed by atoms with E-state index in [1.165, 1.54) is 0 Å². The van der Waals surface area contributed by atoms with Gasteiger partial charge in [-0.3, -0.25) is 9.59 Å². The van der Waals surface area contributed by atoms with E-state index in [0.29, 0.717) is 0 Å². The molecule has 0 heterocycles. The van der Waals surface area contributed by atoms with E-state index in [-0.39, 0.29) is 11.6 Å². The summed E-state index contributed by atoms with van der Waals surface area (Å²) in [6.07, 6.45) is 0. The van der Waals surface area contributed by atoms with Gasteiger partial charge in [0.15, 0.2) is 0 Å². The molecule has 0 aromatic heterocycles. The molecule has 1 rings (SSSR count). The summed E-state index contributed by atoms with van der Waals surface area (Å²) in [7, 11) is 0. The van der Waals surface area contributed by atoms with Gasteiger partial charge in [-0.05, 0) is 13.8 Å². The maximum Gasteiger partial charge on any atom is 0.212 e. The van der Waals surface area contributed by atoms with Gasteiger partial charge in [0.05, 0.1) is 5.41 Å². The van der Waals surface area contributed by atoms with Crippen LogP contribution in [0.1, 0.15) is 13.8 Å². The number of hydrogen-bond donors (Lipinski definition) is 0. The minimum absolute atomic E-state index is 0.229. The topological polar surface area (TPSA) is 34.1 Å². The third-order valence-electron chi connectivity index (χ3n) is 1.28. The van der Waals surface area contributed by atoms with Crippen LogP contribution < -0.4 is 0 Å². The zero-order valence-electron chi connectivity index (χ0n) is 4.32. The molecule has 0 atom stereocenters. The number of hydrogen-bond acceptors (Lipinski definition) is 2. The fraction of sp³-hybridized carbons (Fsp3) is 0.600. The Morgan fingerprint density at radius 1 is 1.14 bits per heavy atom. The summed E-state index contributed by atoms with van der Waals surface area (Å²) >= 11 is 0. The average Bonchev–Trinajstić information content (AvgIpc) is 1.91. The molecule has 0 bridgehead atoms. The standard InChI is InChI=1S/C5H6O2/c1-5(2)3(6)4(5)7/h1-2H3. The molecule has 1 aliphatic rings. The number of carbonyl (C=O) groups is 2. The third-order valence-corrected chi connectivity index (χ3v) is 1.28. The van der Waals surface area contributed by atoms with Gasteiger partial charge >= 0.3 is 0 Å². The number of Topliss-reactive ketones (excluding diaryl/α,β-unsaturated/α-hetero) is 2. The summed E-state index contributed by atoms with van der Waals surface area (Å²) in [5, 5.41) is 0. The molecule has 0 radical (unpaired) electrons. The fourth-order valence-electron chi connectivity index (χ4n) is 0.401. The summed E-state index contributed by atoms with van der Waals surface area (Å²) in [4.78, 5) is 20.4. The zero-order valence-corrected chi connectivity index (χ0v) is 4.32. The first kappa shape index (κ1) is 4.50. The van der Waals surface area contributed by atoms with Crippen molar-refractivity contribution in [2.45, 2.75) is 13.8 Å². The lowest BCUT2D eigenvalue weighted by Gasteiger charge is -1.79. The maximum absolute atomic E-state index is 10.2. The number of carbonyl (C=O) groups excluding carboxylic acids is 2. The van der Waals surface area contributed by atoms with Gasteiger partial charge in [0, 0.05) is 0 Å². The second kappa shape index (κ2) is 0.782. The van der Waals surface area contributed by atoms with Crippen molar-refractivity contribution in [1.82, 2.24) is 0 Å². The largest absolute Gasteiger partial charge is 0.290 e. The highest BCUT2D eigenvalue weighted by Crippen LogP contribution is 2.33. The van der Waals surface area contributed by atoms with Crippen LogP contribution in [0.15, 0.2) is 0 Å². The molecule has 1 saturated carbocycles. The molecular weight excluding hydrogens is 92.1 g/mol. The van der Waals surface area contributed by atoms with Gasteiger partial charge in [-0.2, -0.15) is 0 Å². The van der Waals surface area contributed by atoms with Crippen LogP contribution in [0, 0.1) is 5.41 Å². The fourth-order valence-corrected chi connectivity index (χ4v) is 0.401. The van der Waals surface area contributed by atoms with Crippen LogP contribution in [0.25, 0.3) is 0 Å². The molecule has 2 heteroatoms. The Labute approximate surface area is 41.5 Å². The summed E-state index contributed by atoms with van der Waals surface area (Å²) in [6.45, 7) is 3.27. The van der Waals surface area contributed by atoms with Crippen molar-refractivity contribution in [3.63, 3.8) is 0 Å². The molecule has 0 aromatic rings. The summed E-state index contributed by atoms with van der Waals surface area (Å²) in [5.41, 5.74) is -0.611. The van der Waals surface area contributed by atoms with Gasteiger partial charge in [0.1, 0.15) is 0 Å². The summed E-state index contributed by atoms with van der Waals surface area (Å²) in [5.74, 6) is -0.458. The molecule has 0 unspecified atom stereocenters. The van der Waals surface area contributed by atoms with Crippen LogP contribution in [0.2, 0.25) is 0 Å². The van der Waals surface area contributed by atoms with E-state index in [0.717, 1.165) is 0 Å². The molecule has 2 nitrogen and oxygen atoms in total. The Bertz CT molecular complexity index is 128. The van der Waals surface area contributed by atoms with Crippen LogP contribution in [0.4, 0.5) is 0 Å².